The zero-order valence-corrected chi connectivity index (χ0v) is 19.1. The summed E-state index contributed by atoms with van der Waals surface area (Å²) < 4.78 is 0. The lowest BCUT2D eigenvalue weighted by molar-refractivity contribution is -0.106. The summed E-state index contributed by atoms with van der Waals surface area (Å²) in [5.41, 5.74) is 4.94. The third kappa shape index (κ3) is 4.40. The minimum absolute atomic E-state index is 0.500. The first-order valence-electron chi connectivity index (χ1n) is 11.4. The van der Waals surface area contributed by atoms with Crippen LogP contribution in [0, 0.1) is 6.92 Å². The van der Waals surface area contributed by atoms with E-state index < -0.39 is 0 Å². The van der Waals surface area contributed by atoms with Gasteiger partial charge in [0, 0.05) is 62.6 Å². The first-order valence-corrected chi connectivity index (χ1v) is 11.4. The molecule has 1 fully saturated rings. The fraction of sp³-hybridized carbons (Fsp3) is 0.231. The van der Waals surface area contributed by atoms with Crippen molar-refractivity contribution in [3.05, 3.63) is 84.6 Å². The van der Waals surface area contributed by atoms with Gasteiger partial charge in [-0.1, -0.05) is 36.4 Å². The number of nitrogens with one attached hydrogen (secondary N) is 1. The van der Waals surface area contributed by atoms with E-state index in [-0.39, 0.29) is 0 Å². The number of aryl methyl sites for hydroxylation is 1. The van der Waals surface area contributed by atoms with E-state index in [4.69, 9.17) is 0 Å². The number of hydrogen-bond acceptors (Lipinski definition) is 6. The molecule has 0 atom stereocenters. The molecule has 1 aromatic carbocycles. The Hall–Kier alpha value is -4.04. The van der Waals surface area contributed by atoms with Gasteiger partial charge in [-0.15, -0.1) is 0 Å². The second kappa shape index (κ2) is 9.84. The molecule has 0 radical (unpaired) electrons. The number of amides is 1. The van der Waals surface area contributed by atoms with Crippen LogP contribution >= 0.6 is 0 Å². The van der Waals surface area contributed by atoms with Crippen LogP contribution in [0.5, 0.6) is 0 Å². The summed E-state index contributed by atoms with van der Waals surface area (Å²) in [6, 6.07) is 16.3. The quantitative estimate of drug-likeness (QED) is 0.429. The van der Waals surface area contributed by atoms with Crippen LogP contribution < -0.4 is 9.80 Å². The minimum atomic E-state index is 0.500. The summed E-state index contributed by atoms with van der Waals surface area (Å²) in [7, 11) is 0. The van der Waals surface area contributed by atoms with Crippen molar-refractivity contribution in [3.8, 4) is 11.3 Å². The molecule has 0 aliphatic carbocycles. The van der Waals surface area contributed by atoms with E-state index in [1.807, 2.05) is 43.5 Å². The SMILES string of the molecule is Cc1[nH]c(-c2ccccc2)c(CN2CCN(c3ccccn3)CC2)c1N(C=O)c1cnccn1. The number of nitrogens with zero attached hydrogens (tertiary/aromatic N) is 6. The molecule has 1 saturated heterocycles. The Labute approximate surface area is 198 Å². The van der Waals surface area contributed by atoms with E-state index in [0.29, 0.717) is 12.4 Å². The predicted octanol–water partition coefficient (Wildman–Crippen LogP) is 3.79. The van der Waals surface area contributed by atoms with Gasteiger partial charge in [0.1, 0.15) is 5.82 Å². The monoisotopic (exact) mass is 453 g/mol. The zero-order valence-electron chi connectivity index (χ0n) is 19.1. The van der Waals surface area contributed by atoms with Crippen LogP contribution in [0.25, 0.3) is 11.3 Å². The predicted molar refractivity (Wildman–Crippen MR) is 133 cm³/mol. The van der Waals surface area contributed by atoms with Gasteiger partial charge in [-0.05, 0) is 24.6 Å². The summed E-state index contributed by atoms with van der Waals surface area (Å²) in [5.74, 6) is 1.51. The molecule has 4 aromatic rings. The molecule has 0 saturated carbocycles. The van der Waals surface area contributed by atoms with Crippen molar-refractivity contribution in [1.82, 2.24) is 24.8 Å². The lowest BCUT2D eigenvalue weighted by Crippen LogP contribution is -2.46. The van der Waals surface area contributed by atoms with Crippen LogP contribution in [0.4, 0.5) is 17.3 Å². The maximum atomic E-state index is 12.3. The van der Waals surface area contributed by atoms with Crippen molar-refractivity contribution < 1.29 is 4.79 Å². The number of rotatable bonds is 7. The van der Waals surface area contributed by atoms with E-state index in [1.54, 1.807) is 23.5 Å². The topological polar surface area (TPSA) is 81.3 Å². The Morgan fingerprint density at radius 3 is 2.44 bits per heavy atom. The summed E-state index contributed by atoms with van der Waals surface area (Å²) >= 11 is 0. The van der Waals surface area contributed by atoms with Gasteiger partial charge < -0.3 is 9.88 Å². The number of piperazine rings is 1. The summed E-state index contributed by atoms with van der Waals surface area (Å²) in [6.45, 7) is 6.32. The zero-order chi connectivity index (χ0) is 23.3. The summed E-state index contributed by atoms with van der Waals surface area (Å²) in [6.07, 6.45) is 7.47. The Morgan fingerprint density at radius 1 is 0.971 bits per heavy atom. The second-order valence-electron chi connectivity index (χ2n) is 8.31. The van der Waals surface area contributed by atoms with Gasteiger partial charge in [0.15, 0.2) is 5.82 Å². The second-order valence-corrected chi connectivity index (χ2v) is 8.31. The number of hydrogen-bond donors (Lipinski definition) is 1. The fourth-order valence-corrected chi connectivity index (χ4v) is 4.53. The lowest BCUT2D eigenvalue weighted by Gasteiger charge is -2.35. The number of pyridine rings is 1. The fourth-order valence-electron chi connectivity index (χ4n) is 4.53. The van der Waals surface area contributed by atoms with Gasteiger partial charge >= 0.3 is 0 Å². The molecule has 3 aromatic heterocycles. The van der Waals surface area contributed by atoms with Crippen LogP contribution in [0.2, 0.25) is 0 Å². The lowest BCUT2D eigenvalue weighted by atomic mass is 10.1. The van der Waals surface area contributed by atoms with E-state index in [1.165, 1.54) is 0 Å². The molecule has 1 aliphatic rings. The standard InChI is InChI=1S/C26H27N7O/c1-20-26(33(19-34)24-17-27-11-12-29-24)22(25(30-20)21-7-3-2-4-8-21)18-31-13-15-32(16-14-31)23-9-5-6-10-28-23/h2-12,17,19,30H,13-16,18H2,1H3. The van der Waals surface area contributed by atoms with Crippen molar-refractivity contribution in [2.75, 3.05) is 36.0 Å². The van der Waals surface area contributed by atoms with Gasteiger partial charge in [-0.25, -0.2) is 9.97 Å². The third-order valence-corrected chi connectivity index (χ3v) is 6.19. The molecule has 1 amide bonds. The molecule has 34 heavy (non-hydrogen) atoms. The molecule has 0 spiro atoms. The maximum absolute atomic E-state index is 12.3. The van der Waals surface area contributed by atoms with Gasteiger partial charge in [0.05, 0.1) is 17.6 Å². The Balaban J connectivity index is 1.47. The molecule has 0 bridgehead atoms. The van der Waals surface area contributed by atoms with Gasteiger partial charge in [0.2, 0.25) is 6.41 Å². The molecule has 1 N–H and O–H groups in total. The molecule has 1 aliphatic heterocycles. The largest absolute Gasteiger partial charge is 0.357 e. The number of carbonyl (C=O) groups is 1. The minimum Gasteiger partial charge on any atom is -0.357 e. The van der Waals surface area contributed by atoms with Crippen molar-refractivity contribution in [2.24, 2.45) is 0 Å². The third-order valence-electron chi connectivity index (χ3n) is 6.19. The molecule has 8 heteroatoms. The van der Waals surface area contributed by atoms with Crippen molar-refractivity contribution >= 4 is 23.7 Å². The first kappa shape index (κ1) is 21.8. The van der Waals surface area contributed by atoms with E-state index >= 15 is 0 Å². The van der Waals surface area contributed by atoms with Crippen LogP contribution in [-0.4, -0.2) is 57.4 Å². The molecule has 172 valence electrons. The Kier molecular flexibility index (Phi) is 6.31. The highest BCUT2D eigenvalue weighted by Gasteiger charge is 2.26. The molecular weight excluding hydrogens is 426 g/mol. The van der Waals surface area contributed by atoms with Gasteiger partial charge in [-0.2, -0.15) is 0 Å². The van der Waals surface area contributed by atoms with Crippen molar-refractivity contribution in [2.45, 2.75) is 13.5 Å². The number of H-pyrrole nitrogens is 1. The number of anilines is 3. The van der Waals surface area contributed by atoms with Crippen LogP contribution in [-0.2, 0) is 11.3 Å². The van der Waals surface area contributed by atoms with E-state index in [0.717, 1.165) is 66.6 Å². The smallest absolute Gasteiger partial charge is 0.220 e. The summed E-state index contributed by atoms with van der Waals surface area (Å²) in [4.78, 5) is 35.2. The Bertz CT molecular complexity index is 1220. The molecule has 0 unspecified atom stereocenters. The first-order chi connectivity index (χ1) is 16.7. The average Bonchev–Trinajstić information content (AvgIpc) is 3.22. The highest BCUT2D eigenvalue weighted by molar-refractivity contribution is 5.90. The van der Waals surface area contributed by atoms with Gasteiger partial charge in [-0.3, -0.25) is 19.6 Å². The maximum Gasteiger partial charge on any atom is 0.220 e. The van der Waals surface area contributed by atoms with E-state index in [2.05, 4.69) is 47.9 Å². The number of carbonyl (C=O) groups excluding carboxylic acids is 1. The number of aromatic amines is 1. The van der Waals surface area contributed by atoms with Crippen LogP contribution in [0.3, 0.4) is 0 Å². The summed E-state index contributed by atoms with van der Waals surface area (Å²) in [5, 5.41) is 0. The number of benzene rings is 1. The van der Waals surface area contributed by atoms with E-state index in [9.17, 15) is 4.79 Å². The number of aromatic nitrogens is 4. The van der Waals surface area contributed by atoms with Crippen molar-refractivity contribution in [1.29, 1.82) is 0 Å². The highest BCUT2D eigenvalue weighted by atomic mass is 16.1. The molecule has 4 heterocycles. The normalized spacial score (nSPS) is 14.2. The van der Waals surface area contributed by atoms with Crippen LogP contribution in [0.15, 0.2) is 73.3 Å². The molecular formula is C26H27N7O. The average molecular weight is 454 g/mol. The van der Waals surface area contributed by atoms with Gasteiger partial charge in [0.25, 0.3) is 0 Å². The molecule has 5 rings (SSSR count). The molecule has 8 nitrogen and oxygen atoms in total. The Morgan fingerprint density at radius 2 is 1.76 bits per heavy atom. The van der Waals surface area contributed by atoms with Crippen LogP contribution in [0.1, 0.15) is 11.3 Å². The highest BCUT2D eigenvalue weighted by Crippen LogP contribution is 2.37. The van der Waals surface area contributed by atoms with Crippen molar-refractivity contribution in [3.63, 3.8) is 0 Å².